The highest BCUT2D eigenvalue weighted by atomic mass is 16.5. The van der Waals surface area contributed by atoms with Crippen molar-refractivity contribution in [3.8, 4) is 11.8 Å². The fourth-order valence-electron chi connectivity index (χ4n) is 3.67. The monoisotopic (exact) mass is 349 g/mol. The van der Waals surface area contributed by atoms with Crippen molar-refractivity contribution in [2.24, 2.45) is 0 Å². The molecule has 0 aromatic heterocycles. The second-order valence-electron chi connectivity index (χ2n) is 6.42. The average molecular weight is 349 g/mol. The summed E-state index contributed by atoms with van der Waals surface area (Å²) in [6, 6.07) is 15.1. The van der Waals surface area contributed by atoms with Gasteiger partial charge in [-0.3, -0.25) is 5.32 Å². The van der Waals surface area contributed by atoms with Gasteiger partial charge in [0.05, 0.1) is 11.6 Å². The number of esters is 1. The quantitative estimate of drug-likeness (QED) is 0.638. The van der Waals surface area contributed by atoms with E-state index < -0.39 is 5.54 Å². The number of rotatable bonds is 5. The smallest absolute Gasteiger partial charge is 0.337 e. The number of nitrogens with one attached hydrogen (secondary N) is 2. The highest BCUT2D eigenvalue weighted by Gasteiger charge is 2.50. The Labute approximate surface area is 154 Å². The van der Waals surface area contributed by atoms with E-state index in [2.05, 4.69) is 16.7 Å². The second-order valence-corrected chi connectivity index (χ2v) is 6.42. The fraction of sp³-hybridized carbons (Fsp3) is 0.333. The van der Waals surface area contributed by atoms with Gasteiger partial charge in [0.15, 0.2) is 0 Å². The van der Waals surface area contributed by atoms with Crippen molar-refractivity contribution in [1.29, 1.82) is 5.26 Å². The van der Waals surface area contributed by atoms with Gasteiger partial charge in [-0.25, -0.2) is 4.79 Å². The average Bonchev–Trinajstić information content (AvgIpc) is 2.65. The third-order valence-corrected chi connectivity index (χ3v) is 4.96. The van der Waals surface area contributed by atoms with Crippen molar-refractivity contribution in [1.82, 2.24) is 5.32 Å². The van der Waals surface area contributed by atoms with Gasteiger partial charge in [-0.1, -0.05) is 32.0 Å². The first-order valence-corrected chi connectivity index (χ1v) is 8.92. The number of ether oxygens (including phenoxy) is 1. The van der Waals surface area contributed by atoms with E-state index in [1.54, 1.807) is 12.1 Å². The van der Waals surface area contributed by atoms with E-state index in [-0.39, 0.29) is 11.9 Å². The summed E-state index contributed by atoms with van der Waals surface area (Å²) in [5, 5.41) is 15.6. The Kier molecular flexibility index (Phi) is 4.97. The third kappa shape index (κ3) is 2.83. The lowest BCUT2D eigenvalue weighted by molar-refractivity contribution is -0.145. The molecule has 5 nitrogen and oxygen atoms in total. The van der Waals surface area contributed by atoms with Gasteiger partial charge < -0.3 is 10.1 Å². The molecule has 2 aromatic carbocycles. The van der Waals surface area contributed by atoms with Gasteiger partial charge in [0, 0.05) is 29.8 Å². The molecule has 0 spiro atoms. The largest absolute Gasteiger partial charge is 0.425 e. The third-order valence-electron chi connectivity index (χ3n) is 4.96. The topological polar surface area (TPSA) is 74.2 Å². The molecule has 0 bridgehead atoms. The van der Waals surface area contributed by atoms with Gasteiger partial charge in [0.1, 0.15) is 11.3 Å². The summed E-state index contributed by atoms with van der Waals surface area (Å²) in [5.41, 5.74) is 2.30. The van der Waals surface area contributed by atoms with Gasteiger partial charge in [0.25, 0.3) is 0 Å². The summed E-state index contributed by atoms with van der Waals surface area (Å²) in [4.78, 5) is 13.1. The molecule has 3 rings (SSSR count). The molecular weight excluding hydrogens is 326 g/mol. The first kappa shape index (κ1) is 18.0. The molecule has 0 saturated heterocycles. The van der Waals surface area contributed by atoms with E-state index >= 15 is 0 Å². The SMILES string of the molecule is CCNc1ccc2c(c1)OC(=O)C(NCC)(c1ccc(C#N)cc1)C2C. The van der Waals surface area contributed by atoms with Gasteiger partial charge in [-0.2, -0.15) is 5.26 Å². The summed E-state index contributed by atoms with van der Waals surface area (Å²) in [7, 11) is 0. The Morgan fingerprint density at radius 2 is 1.88 bits per heavy atom. The standard InChI is InChI=1S/C21H23N3O2/c1-4-23-17-10-11-18-14(3)21(24-5-2,20(25)26-19(18)12-17)16-8-6-15(13-22)7-9-16/h6-12,14,23-24H,4-5H2,1-3H3. The van der Waals surface area contributed by atoms with Crippen LogP contribution in [-0.2, 0) is 10.3 Å². The Morgan fingerprint density at radius 1 is 1.15 bits per heavy atom. The molecule has 0 aliphatic carbocycles. The van der Waals surface area contributed by atoms with Crippen LogP contribution in [0, 0.1) is 11.3 Å². The van der Waals surface area contributed by atoms with Crippen LogP contribution in [0.4, 0.5) is 5.69 Å². The minimum atomic E-state index is -0.977. The number of nitriles is 1. The molecule has 134 valence electrons. The molecule has 0 radical (unpaired) electrons. The molecule has 2 unspecified atom stereocenters. The Bertz CT molecular complexity index is 855. The van der Waals surface area contributed by atoms with Crippen molar-refractivity contribution in [3.63, 3.8) is 0 Å². The molecule has 0 saturated carbocycles. The van der Waals surface area contributed by atoms with Crippen LogP contribution >= 0.6 is 0 Å². The van der Waals surface area contributed by atoms with Gasteiger partial charge in [-0.05, 0) is 37.2 Å². The summed E-state index contributed by atoms with van der Waals surface area (Å²) >= 11 is 0. The number of nitrogens with zero attached hydrogens (tertiary/aromatic N) is 1. The van der Waals surface area contributed by atoms with Crippen LogP contribution < -0.4 is 15.4 Å². The summed E-state index contributed by atoms with van der Waals surface area (Å²) < 4.78 is 5.76. The molecule has 0 amide bonds. The lowest BCUT2D eigenvalue weighted by Crippen LogP contribution is -2.56. The highest BCUT2D eigenvalue weighted by molar-refractivity contribution is 5.89. The van der Waals surface area contributed by atoms with Crippen molar-refractivity contribution in [2.75, 3.05) is 18.4 Å². The van der Waals surface area contributed by atoms with Crippen LogP contribution in [0.2, 0.25) is 0 Å². The van der Waals surface area contributed by atoms with Crippen LogP contribution in [0.1, 0.15) is 43.4 Å². The Balaban J connectivity index is 2.10. The fourth-order valence-corrected chi connectivity index (χ4v) is 3.67. The molecule has 2 aromatic rings. The molecule has 2 N–H and O–H groups in total. The number of likely N-dealkylation sites (N-methyl/N-ethyl adjacent to an activating group) is 1. The predicted molar refractivity (Wildman–Crippen MR) is 101 cm³/mol. The van der Waals surface area contributed by atoms with E-state index in [4.69, 9.17) is 10.00 Å². The minimum absolute atomic E-state index is 0.123. The van der Waals surface area contributed by atoms with Gasteiger partial charge in [-0.15, -0.1) is 0 Å². The maximum atomic E-state index is 13.1. The highest BCUT2D eigenvalue weighted by Crippen LogP contribution is 2.46. The van der Waals surface area contributed by atoms with E-state index in [0.717, 1.165) is 23.4 Å². The van der Waals surface area contributed by atoms with Crippen molar-refractivity contribution < 1.29 is 9.53 Å². The Hall–Kier alpha value is -2.84. The summed E-state index contributed by atoms with van der Waals surface area (Å²) in [6.45, 7) is 7.44. The maximum Gasteiger partial charge on any atom is 0.337 e. The van der Waals surface area contributed by atoms with Crippen molar-refractivity contribution in [2.45, 2.75) is 32.2 Å². The molecule has 0 fully saturated rings. The number of carbonyl (C=O) groups excluding carboxylic acids is 1. The zero-order valence-corrected chi connectivity index (χ0v) is 15.3. The van der Waals surface area contributed by atoms with Crippen LogP contribution in [0.5, 0.6) is 5.75 Å². The normalized spacial score (nSPS) is 21.5. The molecule has 5 heteroatoms. The zero-order chi connectivity index (χ0) is 18.7. The minimum Gasteiger partial charge on any atom is -0.425 e. The predicted octanol–water partition coefficient (Wildman–Crippen LogP) is 3.52. The second kappa shape index (κ2) is 7.19. The summed E-state index contributed by atoms with van der Waals surface area (Å²) in [5.74, 6) is 0.156. The molecule has 2 atom stereocenters. The van der Waals surface area contributed by atoms with Crippen LogP contribution in [0.3, 0.4) is 0 Å². The van der Waals surface area contributed by atoms with Crippen LogP contribution in [0.15, 0.2) is 42.5 Å². The lowest BCUT2D eigenvalue weighted by Gasteiger charge is -2.42. The van der Waals surface area contributed by atoms with E-state index in [1.807, 2.05) is 51.1 Å². The molecule has 26 heavy (non-hydrogen) atoms. The van der Waals surface area contributed by atoms with E-state index in [9.17, 15) is 4.79 Å². The number of hydrogen-bond acceptors (Lipinski definition) is 5. The van der Waals surface area contributed by atoms with Gasteiger partial charge in [0.2, 0.25) is 0 Å². The first-order chi connectivity index (χ1) is 12.6. The van der Waals surface area contributed by atoms with Crippen molar-refractivity contribution in [3.05, 3.63) is 59.2 Å². The van der Waals surface area contributed by atoms with Crippen LogP contribution in [-0.4, -0.2) is 19.1 Å². The molecular formula is C21H23N3O2. The maximum absolute atomic E-state index is 13.1. The molecule has 1 aliphatic heterocycles. The number of anilines is 1. The Morgan fingerprint density at radius 3 is 2.50 bits per heavy atom. The lowest BCUT2D eigenvalue weighted by atomic mass is 9.73. The van der Waals surface area contributed by atoms with Crippen molar-refractivity contribution >= 4 is 11.7 Å². The van der Waals surface area contributed by atoms with Gasteiger partial charge >= 0.3 is 5.97 Å². The van der Waals surface area contributed by atoms with E-state index in [0.29, 0.717) is 17.9 Å². The summed E-state index contributed by atoms with van der Waals surface area (Å²) in [6.07, 6.45) is 0. The number of fused-ring (bicyclic) bond motifs is 1. The number of hydrogen-bond donors (Lipinski definition) is 2. The van der Waals surface area contributed by atoms with E-state index in [1.165, 1.54) is 0 Å². The van der Waals surface area contributed by atoms with Crippen LogP contribution in [0.25, 0.3) is 0 Å². The first-order valence-electron chi connectivity index (χ1n) is 8.92. The molecule has 1 heterocycles. The zero-order valence-electron chi connectivity index (χ0n) is 15.3. The number of benzene rings is 2. The number of carbonyl (C=O) groups is 1. The molecule has 1 aliphatic rings.